The summed E-state index contributed by atoms with van der Waals surface area (Å²) < 4.78 is 0. The maximum Gasteiger partial charge on any atom is 0.280 e. The molecule has 0 aliphatic carbocycles. The molecule has 0 aliphatic rings. The van der Waals surface area contributed by atoms with Crippen molar-refractivity contribution in [2.75, 3.05) is 27.2 Å². The van der Waals surface area contributed by atoms with Gasteiger partial charge in [-0.1, -0.05) is 23.2 Å². The van der Waals surface area contributed by atoms with Crippen molar-refractivity contribution >= 4 is 41.0 Å². The van der Waals surface area contributed by atoms with Crippen LogP contribution in [-0.4, -0.2) is 49.9 Å². The minimum absolute atomic E-state index is 0.166. The van der Waals surface area contributed by atoms with Crippen LogP contribution in [0.3, 0.4) is 0 Å². The van der Waals surface area contributed by atoms with Crippen molar-refractivity contribution in [2.45, 2.75) is 0 Å². The van der Waals surface area contributed by atoms with Crippen LogP contribution >= 0.6 is 23.2 Å². The van der Waals surface area contributed by atoms with Gasteiger partial charge in [0.2, 0.25) is 0 Å². The summed E-state index contributed by atoms with van der Waals surface area (Å²) in [5, 5.41) is 3.67. The molecule has 0 spiro atoms. The van der Waals surface area contributed by atoms with Gasteiger partial charge in [0.05, 0.1) is 0 Å². The SMILES string of the molecule is CN(C)CCNC(=O)c1cc(C(=O)N=C(N)N)cc(-c2cc(Cl)cc(Cl)c2)c1. The van der Waals surface area contributed by atoms with Crippen molar-refractivity contribution in [1.29, 1.82) is 0 Å². The zero-order valence-corrected chi connectivity index (χ0v) is 17.0. The number of carbonyl (C=O) groups excluding carboxylic acids is 2. The van der Waals surface area contributed by atoms with E-state index in [4.69, 9.17) is 34.7 Å². The Hall–Kier alpha value is -2.61. The molecule has 0 aliphatic heterocycles. The van der Waals surface area contributed by atoms with Gasteiger partial charge in [0.25, 0.3) is 11.8 Å². The van der Waals surface area contributed by atoms with E-state index in [-0.39, 0.29) is 17.4 Å². The van der Waals surface area contributed by atoms with Crippen LogP contribution in [0.1, 0.15) is 20.7 Å². The van der Waals surface area contributed by atoms with E-state index in [1.807, 2.05) is 19.0 Å². The maximum atomic E-state index is 12.6. The van der Waals surface area contributed by atoms with Gasteiger partial charge in [-0.3, -0.25) is 9.59 Å². The molecule has 0 radical (unpaired) electrons. The topological polar surface area (TPSA) is 114 Å². The van der Waals surface area contributed by atoms with E-state index in [1.165, 1.54) is 6.07 Å². The molecular formula is C19H21Cl2N5O2. The average Bonchev–Trinajstić information content (AvgIpc) is 2.59. The number of amides is 2. The first kappa shape index (κ1) is 21.7. The first-order chi connectivity index (χ1) is 13.2. The van der Waals surface area contributed by atoms with Gasteiger partial charge in [-0.05, 0) is 61.6 Å². The smallest absolute Gasteiger partial charge is 0.280 e. The van der Waals surface area contributed by atoms with Crippen molar-refractivity contribution in [3.05, 3.63) is 57.6 Å². The molecular weight excluding hydrogens is 401 g/mol. The highest BCUT2D eigenvalue weighted by Crippen LogP contribution is 2.29. The Balaban J connectivity index is 2.48. The van der Waals surface area contributed by atoms with Crippen LogP contribution in [0.4, 0.5) is 0 Å². The van der Waals surface area contributed by atoms with Crippen LogP contribution in [0.5, 0.6) is 0 Å². The second-order valence-corrected chi connectivity index (χ2v) is 7.23. The molecule has 0 fully saturated rings. The molecule has 7 nitrogen and oxygen atoms in total. The summed E-state index contributed by atoms with van der Waals surface area (Å²) in [6.07, 6.45) is 0. The van der Waals surface area contributed by atoms with E-state index in [0.717, 1.165) is 0 Å². The Kier molecular flexibility index (Phi) is 7.39. The van der Waals surface area contributed by atoms with Crippen molar-refractivity contribution in [1.82, 2.24) is 10.2 Å². The van der Waals surface area contributed by atoms with E-state index >= 15 is 0 Å². The number of benzene rings is 2. The van der Waals surface area contributed by atoms with Crippen molar-refractivity contribution in [3.8, 4) is 11.1 Å². The third-order valence-corrected chi connectivity index (χ3v) is 4.15. The molecule has 0 saturated heterocycles. The van der Waals surface area contributed by atoms with E-state index in [2.05, 4.69) is 10.3 Å². The fourth-order valence-electron chi connectivity index (χ4n) is 2.45. The van der Waals surface area contributed by atoms with Gasteiger partial charge in [-0.15, -0.1) is 0 Å². The lowest BCUT2D eigenvalue weighted by Gasteiger charge is -2.12. The molecule has 28 heavy (non-hydrogen) atoms. The first-order valence-corrected chi connectivity index (χ1v) is 9.10. The van der Waals surface area contributed by atoms with Gasteiger partial charge in [0, 0.05) is 34.3 Å². The number of hydrogen-bond acceptors (Lipinski definition) is 3. The van der Waals surface area contributed by atoms with Gasteiger partial charge in [0.15, 0.2) is 5.96 Å². The Morgan fingerprint density at radius 1 is 0.964 bits per heavy atom. The van der Waals surface area contributed by atoms with E-state index < -0.39 is 5.91 Å². The molecule has 0 aromatic heterocycles. The summed E-state index contributed by atoms with van der Waals surface area (Å²) in [5.74, 6) is -1.34. The molecule has 5 N–H and O–H groups in total. The minimum Gasteiger partial charge on any atom is -0.370 e. The van der Waals surface area contributed by atoms with Crippen LogP contribution in [0, 0.1) is 0 Å². The highest BCUT2D eigenvalue weighted by Gasteiger charge is 2.14. The second-order valence-electron chi connectivity index (χ2n) is 6.36. The first-order valence-electron chi connectivity index (χ1n) is 8.34. The van der Waals surface area contributed by atoms with E-state index in [0.29, 0.717) is 39.8 Å². The van der Waals surface area contributed by atoms with Crippen LogP contribution in [-0.2, 0) is 0 Å². The lowest BCUT2D eigenvalue weighted by Crippen LogP contribution is -2.31. The molecule has 2 aromatic rings. The molecule has 0 atom stereocenters. The zero-order chi connectivity index (χ0) is 20.8. The largest absolute Gasteiger partial charge is 0.370 e. The molecule has 0 saturated carbocycles. The van der Waals surface area contributed by atoms with Gasteiger partial charge in [-0.2, -0.15) is 4.99 Å². The summed E-state index contributed by atoms with van der Waals surface area (Å²) in [6, 6.07) is 9.63. The fraction of sp³-hybridized carbons (Fsp3) is 0.211. The predicted molar refractivity (Wildman–Crippen MR) is 113 cm³/mol. The Morgan fingerprint density at radius 2 is 1.54 bits per heavy atom. The van der Waals surface area contributed by atoms with Crippen LogP contribution < -0.4 is 16.8 Å². The summed E-state index contributed by atoms with van der Waals surface area (Å²) >= 11 is 12.2. The van der Waals surface area contributed by atoms with Crippen molar-refractivity contribution in [3.63, 3.8) is 0 Å². The average molecular weight is 422 g/mol. The number of rotatable bonds is 6. The fourth-order valence-corrected chi connectivity index (χ4v) is 2.97. The number of carbonyl (C=O) groups is 2. The standard InChI is InChI=1S/C19H21Cl2N5O2/c1-26(2)4-3-24-17(27)13-5-11(12-8-15(20)10-16(21)9-12)6-14(7-13)18(28)25-19(22)23/h5-10H,3-4H2,1-2H3,(H,24,27)(H4,22,23,25,28). The number of nitrogens with zero attached hydrogens (tertiary/aromatic N) is 2. The number of halogens is 2. The highest BCUT2D eigenvalue weighted by molar-refractivity contribution is 6.35. The van der Waals surface area contributed by atoms with E-state index in [9.17, 15) is 9.59 Å². The molecule has 2 rings (SSSR count). The molecule has 0 unspecified atom stereocenters. The molecule has 9 heteroatoms. The normalized spacial score (nSPS) is 10.6. The van der Waals surface area contributed by atoms with Gasteiger partial charge < -0.3 is 21.7 Å². The number of aliphatic imine (C=N–C) groups is 1. The summed E-state index contributed by atoms with van der Waals surface area (Å²) in [5.41, 5.74) is 12.3. The van der Waals surface area contributed by atoms with Gasteiger partial charge >= 0.3 is 0 Å². The number of guanidine groups is 1. The summed E-state index contributed by atoms with van der Waals surface area (Å²) in [4.78, 5) is 30.4. The lowest BCUT2D eigenvalue weighted by atomic mass is 9.99. The van der Waals surface area contributed by atoms with Crippen molar-refractivity contribution < 1.29 is 9.59 Å². The Morgan fingerprint density at radius 3 is 2.11 bits per heavy atom. The van der Waals surface area contributed by atoms with Gasteiger partial charge in [-0.25, -0.2) is 0 Å². The number of hydrogen-bond donors (Lipinski definition) is 3. The summed E-state index contributed by atoms with van der Waals surface area (Å²) in [6.45, 7) is 1.13. The molecule has 2 aromatic carbocycles. The minimum atomic E-state index is -0.655. The lowest BCUT2D eigenvalue weighted by molar-refractivity contribution is 0.0951. The van der Waals surface area contributed by atoms with Crippen LogP contribution in [0.15, 0.2) is 41.4 Å². The monoisotopic (exact) mass is 421 g/mol. The molecule has 0 bridgehead atoms. The summed E-state index contributed by atoms with van der Waals surface area (Å²) in [7, 11) is 3.81. The van der Waals surface area contributed by atoms with E-state index in [1.54, 1.807) is 30.3 Å². The third kappa shape index (κ3) is 6.23. The number of nitrogens with one attached hydrogen (secondary N) is 1. The quantitative estimate of drug-likeness (QED) is 0.489. The van der Waals surface area contributed by atoms with Gasteiger partial charge in [0.1, 0.15) is 0 Å². The number of nitrogens with two attached hydrogens (primary N) is 2. The Labute approximate surface area is 173 Å². The molecule has 0 heterocycles. The molecule has 2 amide bonds. The van der Waals surface area contributed by atoms with Crippen LogP contribution in [0.25, 0.3) is 11.1 Å². The Bertz CT molecular complexity index is 904. The van der Waals surface area contributed by atoms with Crippen molar-refractivity contribution in [2.24, 2.45) is 16.5 Å². The number of likely N-dealkylation sites (N-methyl/N-ethyl adjacent to an activating group) is 1. The zero-order valence-electron chi connectivity index (χ0n) is 15.5. The maximum absolute atomic E-state index is 12.6. The van der Waals surface area contributed by atoms with Crippen LogP contribution in [0.2, 0.25) is 10.0 Å². The molecule has 148 valence electrons. The predicted octanol–water partition coefficient (Wildman–Crippen LogP) is 2.37. The third-order valence-electron chi connectivity index (χ3n) is 3.71. The highest BCUT2D eigenvalue weighted by atomic mass is 35.5. The second kappa shape index (κ2) is 9.54.